The van der Waals surface area contributed by atoms with Crippen LogP contribution in [0.2, 0.25) is 0 Å². The molecule has 0 aliphatic rings. The summed E-state index contributed by atoms with van der Waals surface area (Å²) in [5.74, 6) is -4.48. The lowest BCUT2D eigenvalue weighted by atomic mass is 10.0. The Kier molecular flexibility index (Phi) is 15.9. The van der Waals surface area contributed by atoms with Gasteiger partial charge in [-0.1, -0.05) is 18.6 Å². The monoisotopic (exact) mass is 593 g/mol. The van der Waals surface area contributed by atoms with Gasteiger partial charge in [0.1, 0.15) is 23.9 Å². The van der Waals surface area contributed by atoms with Crippen LogP contribution >= 0.6 is 0 Å². The first-order valence-electron chi connectivity index (χ1n) is 13.5. The van der Waals surface area contributed by atoms with Crippen LogP contribution in [0, 0.1) is 0 Å². The van der Waals surface area contributed by atoms with E-state index in [1.54, 1.807) is 12.1 Å². The zero-order chi connectivity index (χ0) is 31.7. The van der Waals surface area contributed by atoms with Crippen LogP contribution in [-0.2, 0) is 30.4 Å². The molecule has 0 saturated heterocycles. The van der Waals surface area contributed by atoms with Crippen molar-refractivity contribution < 1.29 is 34.2 Å². The third kappa shape index (κ3) is 14.3. The van der Waals surface area contributed by atoms with Crippen LogP contribution in [0.25, 0.3) is 0 Å². The Morgan fingerprint density at radius 3 is 1.95 bits per heavy atom. The lowest BCUT2D eigenvalue weighted by Crippen LogP contribution is -2.57. The van der Waals surface area contributed by atoms with Gasteiger partial charge in [-0.15, -0.1) is 0 Å². The second kappa shape index (κ2) is 18.8. The van der Waals surface area contributed by atoms with Crippen LogP contribution in [0.1, 0.15) is 50.5 Å². The highest BCUT2D eigenvalue weighted by molar-refractivity contribution is 5.94. The summed E-state index contributed by atoms with van der Waals surface area (Å²) in [4.78, 5) is 66.3. The second-order valence-corrected chi connectivity index (χ2v) is 9.74. The maximum absolute atomic E-state index is 13.4. The molecule has 1 aromatic rings. The molecule has 16 nitrogen and oxygen atoms in total. The number of phenols is 1. The van der Waals surface area contributed by atoms with Crippen molar-refractivity contribution in [2.24, 2.45) is 33.7 Å². The van der Waals surface area contributed by atoms with E-state index in [2.05, 4.69) is 20.9 Å². The maximum atomic E-state index is 13.4. The summed E-state index contributed by atoms with van der Waals surface area (Å²) < 4.78 is 0. The Morgan fingerprint density at radius 1 is 0.786 bits per heavy atom. The molecular formula is C26H43N9O7. The number of carbonyl (C=O) groups is 5. The van der Waals surface area contributed by atoms with Crippen LogP contribution in [0.5, 0.6) is 5.75 Å². The number of hydrogen-bond donors (Lipinski definition) is 10. The molecule has 0 spiro atoms. The SMILES string of the molecule is NCCCCC(N)C(=O)NC(Cc1ccc(O)cc1)C(=O)NC(CCC(N)=O)C(=O)NC(CCCN=C(N)N)C(=O)O. The van der Waals surface area contributed by atoms with Crippen molar-refractivity contribution in [3.63, 3.8) is 0 Å². The van der Waals surface area contributed by atoms with E-state index in [0.717, 1.165) is 0 Å². The molecule has 1 rings (SSSR count). The summed E-state index contributed by atoms with van der Waals surface area (Å²) in [7, 11) is 0. The van der Waals surface area contributed by atoms with Crippen LogP contribution in [-0.4, -0.2) is 83.0 Å². The Labute approximate surface area is 243 Å². The average Bonchev–Trinajstić information content (AvgIpc) is 2.92. The number of amides is 4. The van der Waals surface area contributed by atoms with Crippen molar-refractivity contribution in [2.75, 3.05) is 13.1 Å². The minimum atomic E-state index is -1.36. The van der Waals surface area contributed by atoms with Gasteiger partial charge in [0, 0.05) is 19.4 Å². The summed E-state index contributed by atoms with van der Waals surface area (Å²) in [5.41, 5.74) is 27.8. The molecule has 0 aliphatic carbocycles. The lowest BCUT2D eigenvalue weighted by molar-refractivity contribution is -0.142. The van der Waals surface area contributed by atoms with Gasteiger partial charge in [0.2, 0.25) is 23.6 Å². The topological polar surface area (TPSA) is 304 Å². The minimum absolute atomic E-state index is 0.000170. The molecule has 0 bridgehead atoms. The number of aromatic hydroxyl groups is 1. The summed E-state index contributed by atoms with van der Waals surface area (Å²) in [6.45, 7) is 0.574. The molecule has 15 N–H and O–H groups in total. The molecular weight excluding hydrogens is 550 g/mol. The number of nitrogens with two attached hydrogens (primary N) is 5. The van der Waals surface area contributed by atoms with Crippen LogP contribution in [0.15, 0.2) is 29.3 Å². The van der Waals surface area contributed by atoms with Crippen molar-refractivity contribution in [1.82, 2.24) is 16.0 Å². The number of phenolic OH excluding ortho intramolecular Hbond substituents is 1. The number of hydrogen-bond acceptors (Lipinski definition) is 9. The molecule has 0 aliphatic heterocycles. The highest BCUT2D eigenvalue weighted by atomic mass is 16.4. The van der Waals surface area contributed by atoms with Gasteiger partial charge >= 0.3 is 5.97 Å². The number of unbranched alkanes of at least 4 members (excludes halogenated alkanes) is 1. The largest absolute Gasteiger partial charge is 0.508 e. The maximum Gasteiger partial charge on any atom is 0.326 e. The Balaban J connectivity index is 3.11. The molecule has 0 saturated carbocycles. The van der Waals surface area contributed by atoms with Crippen LogP contribution in [0.4, 0.5) is 0 Å². The van der Waals surface area contributed by atoms with Crippen molar-refractivity contribution in [3.05, 3.63) is 29.8 Å². The van der Waals surface area contributed by atoms with E-state index in [-0.39, 0.29) is 50.4 Å². The molecule has 0 heterocycles. The van der Waals surface area contributed by atoms with Gasteiger partial charge in [-0.3, -0.25) is 24.2 Å². The predicted molar refractivity (Wildman–Crippen MR) is 154 cm³/mol. The zero-order valence-electron chi connectivity index (χ0n) is 23.5. The molecule has 4 unspecified atom stereocenters. The quantitative estimate of drug-likeness (QED) is 0.0419. The molecule has 1 aromatic carbocycles. The summed E-state index contributed by atoms with van der Waals surface area (Å²) in [5, 5.41) is 26.6. The van der Waals surface area contributed by atoms with Gasteiger partial charge in [0.05, 0.1) is 6.04 Å². The fourth-order valence-electron chi connectivity index (χ4n) is 3.86. The van der Waals surface area contributed by atoms with E-state index < -0.39 is 53.8 Å². The van der Waals surface area contributed by atoms with Crippen molar-refractivity contribution in [1.29, 1.82) is 0 Å². The fourth-order valence-corrected chi connectivity index (χ4v) is 3.86. The third-order valence-corrected chi connectivity index (χ3v) is 6.19. The number of rotatable bonds is 20. The second-order valence-electron chi connectivity index (χ2n) is 9.74. The van der Waals surface area contributed by atoms with Gasteiger partial charge in [-0.2, -0.15) is 0 Å². The number of carboxylic acids is 1. The first-order chi connectivity index (χ1) is 19.8. The Bertz CT molecular complexity index is 1080. The normalized spacial score (nSPS) is 13.6. The van der Waals surface area contributed by atoms with Crippen molar-refractivity contribution in [3.8, 4) is 5.75 Å². The van der Waals surface area contributed by atoms with Gasteiger partial charge in [-0.25, -0.2) is 4.79 Å². The van der Waals surface area contributed by atoms with E-state index in [0.29, 0.717) is 31.4 Å². The molecule has 0 fully saturated rings. The predicted octanol–water partition coefficient (Wildman–Crippen LogP) is -2.75. The standard InChI is InChI=1S/C26H43N9O7/c27-12-2-1-4-17(28)22(38)35-20(14-15-6-8-16(36)9-7-15)24(40)33-18(10-11-21(29)37)23(39)34-19(25(41)42)5-3-13-32-26(30)31/h6-9,17-20,36H,1-5,10-14,27-28H2,(H2,29,37)(H,33,40)(H,34,39)(H,35,38)(H,41,42)(H4,30,31,32). The Hall–Kier alpha value is -4.44. The number of nitrogens with one attached hydrogen (secondary N) is 3. The minimum Gasteiger partial charge on any atom is -0.508 e. The molecule has 0 aromatic heterocycles. The number of aliphatic imine (C=N–C) groups is 1. The van der Waals surface area contributed by atoms with Gasteiger partial charge in [-0.05, 0) is 56.3 Å². The molecule has 4 amide bonds. The molecule has 234 valence electrons. The summed E-state index contributed by atoms with van der Waals surface area (Å²) in [6.07, 6.45) is 1.27. The highest BCUT2D eigenvalue weighted by Crippen LogP contribution is 2.12. The van der Waals surface area contributed by atoms with E-state index in [9.17, 15) is 34.2 Å². The first kappa shape index (κ1) is 35.6. The van der Waals surface area contributed by atoms with E-state index >= 15 is 0 Å². The molecule has 0 radical (unpaired) electrons. The zero-order valence-corrected chi connectivity index (χ0v) is 23.5. The number of carboxylic acid groups (broad SMARTS) is 1. The van der Waals surface area contributed by atoms with E-state index in [1.165, 1.54) is 12.1 Å². The van der Waals surface area contributed by atoms with Crippen molar-refractivity contribution >= 4 is 35.6 Å². The molecule has 42 heavy (non-hydrogen) atoms. The number of carbonyl (C=O) groups excluding carboxylic acids is 4. The average molecular weight is 594 g/mol. The molecule has 16 heteroatoms. The number of benzene rings is 1. The van der Waals surface area contributed by atoms with E-state index in [1.807, 2.05) is 0 Å². The highest BCUT2D eigenvalue weighted by Gasteiger charge is 2.30. The summed E-state index contributed by atoms with van der Waals surface area (Å²) in [6, 6.07) is 1.11. The third-order valence-electron chi connectivity index (χ3n) is 6.19. The summed E-state index contributed by atoms with van der Waals surface area (Å²) >= 11 is 0. The van der Waals surface area contributed by atoms with Crippen LogP contribution < -0.4 is 44.6 Å². The molecule has 4 atom stereocenters. The Morgan fingerprint density at radius 2 is 1.38 bits per heavy atom. The van der Waals surface area contributed by atoms with Crippen LogP contribution in [0.3, 0.4) is 0 Å². The fraction of sp³-hybridized carbons (Fsp3) is 0.538. The first-order valence-corrected chi connectivity index (χ1v) is 13.5. The number of guanidine groups is 1. The van der Waals surface area contributed by atoms with Crippen molar-refractivity contribution in [2.45, 2.75) is 75.5 Å². The van der Waals surface area contributed by atoms with E-state index in [4.69, 9.17) is 28.7 Å². The van der Waals surface area contributed by atoms with Gasteiger partial charge in [0.15, 0.2) is 5.96 Å². The number of aliphatic carboxylic acids is 1. The van der Waals surface area contributed by atoms with Gasteiger partial charge < -0.3 is 54.8 Å². The lowest BCUT2D eigenvalue weighted by Gasteiger charge is -2.25. The smallest absolute Gasteiger partial charge is 0.326 e. The number of primary amides is 1. The number of nitrogens with zero attached hydrogens (tertiary/aromatic N) is 1. The van der Waals surface area contributed by atoms with Gasteiger partial charge in [0.25, 0.3) is 0 Å².